The zero-order valence-electron chi connectivity index (χ0n) is 15.5. The van der Waals surface area contributed by atoms with E-state index in [1.165, 1.54) is 5.56 Å². The van der Waals surface area contributed by atoms with Crippen LogP contribution in [0.3, 0.4) is 0 Å². The van der Waals surface area contributed by atoms with E-state index < -0.39 is 6.10 Å². The third-order valence-corrected chi connectivity index (χ3v) is 5.14. The average Bonchev–Trinajstić information content (AvgIpc) is 2.72. The van der Waals surface area contributed by atoms with Crippen LogP contribution >= 0.6 is 0 Å². The summed E-state index contributed by atoms with van der Waals surface area (Å²) in [5.74, 6) is 2.31. The normalized spacial score (nSPS) is 19.9. The lowest BCUT2D eigenvalue weighted by Crippen LogP contribution is -2.42. The number of aromatic nitrogens is 2. The molecule has 1 N–H and O–H groups in total. The van der Waals surface area contributed by atoms with Crippen molar-refractivity contribution in [2.24, 2.45) is 0 Å². The van der Waals surface area contributed by atoms with Crippen LogP contribution in [0, 0.1) is 0 Å². The lowest BCUT2D eigenvalue weighted by Gasteiger charge is -2.37. The first-order valence-electron chi connectivity index (χ1n) is 9.05. The largest absolute Gasteiger partial charge is 0.493 e. The van der Waals surface area contributed by atoms with E-state index in [-0.39, 0.29) is 5.92 Å². The van der Waals surface area contributed by atoms with Gasteiger partial charge in [0.25, 0.3) is 0 Å². The average molecular weight is 365 g/mol. The van der Waals surface area contributed by atoms with Crippen LogP contribution in [0.25, 0.3) is 10.8 Å². The second kappa shape index (κ2) is 7.40. The molecule has 2 aromatic carbocycles. The molecule has 0 bridgehead atoms. The predicted molar refractivity (Wildman–Crippen MR) is 105 cm³/mol. The molecule has 140 valence electrons. The fraction of sp³-hybridized carbons (Fsp3) is 0.333. The van der Waals surface area contributed by atoms with Gasteiger partial charge in [-0.3, -0.25) is 0 Å². The number of hydrogen-bond acceptors (Lipinski definition) is 6. The zero-order chi connectivity index (χ0) is 18.8. The van der Waals surface area contributed by atoms with Gasteiger partial charge in [0, 0.05) is 29.8 Å². The molecule has 4 rings (SSSR count). The Labute approximate surface area is 158 Å². The Morgan fingerprint density at radius 2 is 1.78 bits per heavy atom. The van der Waals surface area contributed by atoms with Crippen LogP contribution < -0.4 is 14.4 Å². The number of methoxy groups -OCH3 is 2. The molecule has 2 heterocycles. The Balaban J connectivity index is 1.74. The van der Waals surface area contributed by atoms with Crippen molar-refractivity contribution in [2.45, 2.75) is 18.4 Å². The van der Waals surface area contributed by atoms with Crippen molar-refractivity contribution >= 4 is 16.6 Å². The van der Waals surface area contributed by atoms with Gasteiger partial charge < -0.3 is 19.5 Å². The van der Waals surface area contributed by atoms with Gasteiger partial charge >= 0.3 is 0 Å². The van der Waals surface area contributed by atoms with E-state index in [0.29, 0.717) is 18.0 Å². The molecule has 2 atom stereocenters. The van der Waals surface area contributed by atoms with E-state index in [9.17, 15) is 5.11 Å². The monoisotopic (exact) mass is 365 g/mol. The van der Waals surface area contributed by atoms with Crippen LogP contribution in [0.15, 0.2) is 48.7 Å². The molecule has 2 unspecified atom stereocenters. The van der Waals surface area contributed by atoms with Crippen molar-refractivity contribution in [3.05, 3.63) is 54.2 Å². The number of rotatable bonds is 4. The van der Waals surface area contributed by atoms with E-state index >= 15 is 0 Å². The van der Waals surface area contributed by atoms with Crippen molar-refractivity contribution in [1.82, 2.24) is 10.2 Å². The van der Waals surface area contributed by atoms with Crippen molar-refractivity contribution in [2.75, 3.05) is 32.2 Å². The number of aliphatic hydroxyl groups is 1. The quantitative estimate of drug-likeness (QED) is 0.767. The number of ether oxygens (including phenoxy) is 2. The van der Waals surface area contributed by atoms with Crippen molar-refractivity contribution in [3.8, 4) is 11.5 Å². The molecular weight excluding hydrogens is 342 g/mol. The van der Waals surface area contributed by atoms with Gasteiger partial charge in [-0.05, 0) is 24.1 Å². The van der Waals surface area contributed by atoms with Crippen LogP contribution in [0.4, 0.5) is 5.82 Å². The number of anilines is 1. The SMILES string of the molecule is COc1cc2cnnc(N3CC(O)CC(c4ccccc4)C3)c2cc1OC. The van der Waals surface area contributed by atoms with Gasteiger partial charge in [0.05, 0.1) is 26.5 Å². The first kappa shape index (κ1) is 17.5. The number of piperidine rings is 1. The fourth-order valence-corrected chi connectivity index (χ4v) is 3.84. The van der Waals surface area contributed by atoms with E-state index in [0.717, 1.165) is 29.6 Å². The van der Waals surface area contributed by atoms with Gasteiger partial charge in [0.2, 0.25) is 0 Å². The Kier molecular flexibility index (Phi) is 4.81. The predicted octanol–water partition coefficient (Wildman–Crippen LogP) is 3.00. The first-order chi connectivity index (χ1) is 13.2. The van der Waals surface area contributed by atoms with E-state index in [2.05, 4.69) is 27.2 Å². The summed E-state index contributed by atoms with van der Waals surface area (Å²) in [6.45, 7) is 1.31. The van der Waals surface area contributed by atoms with Crippen molar-refractivity contribution < 1.29 is 14.6 Å². The summed E-state index contributed by atoms with van der Waals surface area (Å²) in [6, 6.07) is 14.1. The summed E-state index contributed by atoms with van der Waals surface area (Å²) in [7, 11) is 3.23. The number of nitrogens with zero attached hydrogens (tertiary/aromatic N) is 3. The molecule has 1 aromatic heterocycles. The van der Waals surface area contributed by atoms with Gasteiger partial charge in [-0.2, -0.15) is 5.10 Å². The molecule has 0 saturated carbocycles. The maximum absolute atomic E-state index is 10.5. The van der Waals surface area contributed by atoms with Gasteiger partial charge in [-0.1, -0.05) is 30.3 Å². The summed E-state index contributed by atoms with van der Waals surface area (Å²) in [4.78, 5) is 2.12. The summed E-state index contributed by atoms with van der Waals surface area (Å²) < 4.78 is 10.9. The second-order valence-electron chi connectivity index (χ2n) is 6.86. The summed E-state index contributed by atoms with van der Waals surface area (Å²) in [5.41, 5.74) is 1.23. The van der Waals surface area contributed by atoms with Crippen molar-refractivity contribution in [1.29, 1.82) is 0 Å². The molecule has 27 heavy (non-hydrogen) atoms. The Hall–Kier alpha value is -2.86. The van der Waals surface area contributed by atoms with Gasteiger partial charge in [-0.15, -0.1) is 5.10 Å². The minimum atomic E-state index is -0.416. The Morgan fingerprint density at radius 1 is 1.04 bits per heavy atom. The molecule has 0 amide bonds. The number of hydrogen-bond donors (Lipinski definition) is 1. The highest BCUT2D eigenvalue weighted by Gasteiger charge is 2.29. The first-order valence-corrected chi connectivity index (χ1v) is 9.05. The van der Waals surface area contributed by atoms with Crippen LogP contribution in [0.2, 0.25) is 0 Å². The molecule has 0 spiro atoms. The minimum Gasteiger partial charge on any atom is -0.493 e. The summed E-state index contributed by atoms with van der Waals surface area (Å²) in [5, 5.41) is 20.9. The van der Waals surface area contributed by atoms with Crippen LogP contribution in [-0.2, 0) is 0 Å². The van der Waals surface area contributed by atoms with E-state index in [4.69, 9.17) is 9.47 Å². The molecule has 0 aliphatic carbocycles. The van der Waals surface area contributed by atoms with Gasteiger partial charge in [0.1, 0.15) is 0 Å². The lowest BCUT2D eigenvalue weighted by atomic mass is 9.89. The van der Waals surface area contributed by atoms with Crippen LogP contribution in [0.1, 0.15) is 17.9 Å². The minimum absolute atomic E-state index is 0.243. The van der Waals surface area contributed by atoms with Crippen LogP contribution in [-0.4, -0.2) is 48.7 Å². The molecular formula is C21H23N3O3. The number of fused-ring (bicyclic) bond motifs is 1. The summed E-state index contributed by atoms with van der Waals surface area (Å²) >= 11 is 0. The molecule has 1 aliphatic rings. The zero-order valence-corrected chi connectivity index (χ0v) is 15.5. The summed E-state index contributed by atoms with van der Waals surface area (Å²) in [6.07, 6.45) is 2.05. The van der Waals surface area contributed by atoms with E-state index in [1.54, 1.807) is 20.4 Å². The third-order valence-electron chi connectivity index (χ3n) is 5.14. The van der Waals surface area contributed by atoms with Gasteiger partial charge in [-0.25, -0.2) is 0 Å². The Morgan fingerprint density at radius 3 is 2.52 bits per heavy atom. The highest BCUT2D eigenvalue weighted by atomic mass is 16.5. The topological polar surface area (TPSA) is 67.7 Å². The molecule has 6 nitrogen and oxygen atoms in total. The smallest absolute Gasteiger partial charge is 0.161 e. The molecule has 1 aliphatic heterocycles. The number of aliphatic hydroxyl groups excluding tert-OH is 1. The molecule has 6 heteroatoms. The lowest BCUT2D eigenvalue weighted by molar-refractivity contribution is 0.144. The molecule has 0 radical (unpaired) electrons. The Bertz CT molecular complexity index is 933. The molecule has 1 saturated heterocycles. The van der Waals surface area contributed by atoms with Crippen molar-refractivity contribution in [3.63, 3.8) is 0 Å². The molecule has 1 fully saturated rings. The highest BCUT2D eigenvalue weighted by Crippen LogP contribution is 2.37. The van der Waals surface area contributed by atoms with Gasteiger partial charge in [0.15, 0.2) is 17.3 Å². The standard InChI is InChI=1S/C21H23N3O3/c1-26-19-9-15-11-22-23-21(18(15)10-20(19)27-2)24-12-16(8-17(25)13-24)14-6-4-3-5-7-14/h3-7,9-11,16-17,25H,8,12-13H2,1-2H3. The highest BCUT2D eigenvalue weighted by molar-refractivity contribution is 5.94. The maximum atomic E-state index is 10.5. The third kappa shape index (κ3) is 3.40. The maximum Gasteiger partial charge on any atom is 0.161 e. The number of β-amino-alcohol motifs (C(OH)–C–C–N with tert-alkyl or cyclic N) is 1. The molecule has 3 aromatic rings. The number of benzene rings is 2. The van der Waals surface area contributed by atoms with Crippen LogP contribution in [0.5, 0.6) is 11.5 Å². The van der Waals surface area contributed by atoms with E-state index in [1.807, 2.05) is 30.3 Å². The second-order valence-corrected chi connectivity index (χ2v) is 6.86. The fourth-order valence-electron chi connectivity index (χ4n) is 3.84.